The van der Waals surface area contributed by atoms with E-state index in [9.17, 15) is 19.5 Å². The van der Waals surface area contributed by atoms with Crippen LogP contribution in [0.15, 0.2) is 29.8 Å². The molecule has 3 atom stereocenters. The Kier molecular flexibility index (Phi) is 7.77. The molecule has 2 aromatic rings. The Morgan fingerprint density at radius 3 is 2.44 bits per heavy atom. The lowest BCUT2D eigenvalue weighted by Crippen LogP contribution is -2.57. The fourth-order valence-corrected chi connectivity index (χ4v) is 5.23. The predicted molar refractivity (Wildman–Crippen MR) is 132 cm³/mol. The Hall–Kier alpha value is -2.78. The average molecular weight is 487 g/mol. The van der Waals surface area contributed by atoms with Gasteiger partial charge in [0, 0.05) is 33.5 Å². The van der Waals surface area contributed by atoms with E-state index in [1.807, 2.05) is 57.5 Å². The number of aryl methyl sites for hydroxylation is 1. The molecule has 3 rings (SSSR count). The number of benzene rings is 1. The van der Waals surface area contributed by atoms with Crippen molar-refractivity contribution in [2.24, 2.45) is 5.41 Å². The molecule has 0 spiro atoms. The Morgan fingerprint density at radius 2 is 1.91 bits per heavy atom. The van der Waals surface area contributed by atoms with Gasteiger partial charge in [0.2, 0.25) is 17.7 Å². The molecular weight excluding hydrogens is 452 g/mol. The van der Waals surface area contributed by atoms with Crippen LogP contribution in [0.2, 0.25) is 0 Å². The first-order chi connectivity index (χ1) is 15.9. The number of nitrogens with zero attached hydrogens (tertiary/aromatic N) is 3. The largest absolute Gasteiger partial charge is 0.391 e. The number of hydrogen-bond acceptors (Lipinski definition) is 6. The van der Waals surface area contributed by atoms with E-state index in [1.54, 1.807) is 18.4 Å². The maximum atomic E-state index is 13.5. The lowest BCUT2D eigenvalue weighted by Gasteiger charge is -2.39. The molecule has 1 aromatic carbocycles. The van der Waals surface area contributed by atoms with E-state index in [4.69, 9.17) is 0 Å². The van der Waals surface area contributed by atoms with Crippen molar-refractivity contribution >= 4 is 29.1 Å². The molecule has 1 aliphatic rings. The van der Waals surface area contributed by atoms with Crippen LogP contribution in [0.4, 0.5) is 0 Å². The van der Waals surface area contributed by atoms with Gasteiger partial charge in [0.25, 0.3) is 0 Å². The molecule has 2 heterocycles. The van der Waals surface area contributed by atoms with Crippen molar-refractivity contribution in [1.82, 2.24) is 20.1 Å². The van der Waals surface area contributed by atoms with Gasteiger partial charge in [-0.2, -0.15) is 0 Å². The summed E-state index contributed by atoms with van der Waals surface area (Å²) < 4.78 is 0. The van der Waals surface area contributed by atoms with Gasteiger partial charge in [0.05, 0.1) is 22.2 Å². The quantitative estimate of drug-likeness (QED) is 0.653. The van der Waals surface area contributed by atoms with Crippen LogP contribution < -0.4 is 5.32 Å². The Bertz CT molecular complexity index is 1040. The minimum absolute atomic E-state index is 0.0676. The van der Waals surface area contributed by atoms with Crippen molar-refractivity contribution in [1.29, 1.82) is 0 Å². The van der Waals surface area contributed by atoms with E-state index in [0.29, 0.717) is 6.54 Å². The minimum atomic E-state index is -0.787. The van der Waals surface area contributed by atoms with Crippen molar-refractivity contribution in [2.75, 3.05) is 13.6 Å². The van der Waals surface area contributed by atoms with Crippen molar-refractivity contribution in [3.05, 3.63) is 41.0 Å². The van der Waals surface area contributed by atoms with E-state index in [2.05, 4.69) is 10.3 Å². The van der Waals surface area contributed by atoms with Crippen LogP contribution in [0.5, 0.6) is 0 Å². The first-order valence-electron chi connectivity index (χ1n) is 11.4. The lowest BCUT2D eigenvalue weighted by atomic mass is 9.84. The summed E-state index contributed by atoms with van der Waals surface area (Å²) in [7, 11) is 1.59. The number of aromatic nitrogens is 1. The number of nitrogens with one attached hydrogen (secondary N) is 1. The predicted octanol–water partition coefficient (Wildman–Crippen LogP) is 2.59. The second-order valence-corrected chi connectivity index (χ2v) is 10.8. The van der Waals surface area contributed by atoms with Crippen molar-refractivity contribution in [3.63, 3.8) is 0 Å². The Labute approximate surface area is 205 Å². The molecule has 1 fully saturated rings. The van der Waals surface area contributed by atoms with Crippen LogP contribution in [0.1, 0.15) is 45.4 Å². The van der Waals surface area contributed by atoms with E-state index >= 15 is 0 Å². The molecule has 0 bridgehead atoms. The fourth-order valence-electron chi connectivity index (χ4n) is 4.42. The smallest absolute Gasteiger partial charge is 0.246 e. The monoisotopic (exact) mass is 486 g/mol. The summed E-state index contributed by atoms with van der Waals surface area (Å²) in [5, 5.41) is 13.2. The number of hydrogen-bond donors (Lipinski definition) is 2. The van der Waals surface area contributed by atoms with Gasteiger partial charge in [0.1, 0.15) is 12.1 Å². The van der Waals surface area contributed by atoms with E-state index in [0.717, 1.165) is 21.7 Å². The maximum Gasteiger partial charge on any atom is 0.246 e. The zero-order chi connectivity index (χ0) is 25.2. The molecule has 2 N–H and O–H groups in total. The summed E-state index contributed by atoms with van der Waals surface area (Å²) in [5.41, 5.74) is 4.28. The van der Waals surface area contributed by atoms with Gasteiger partial charge >= 0.3 is 0 Å². The maximum absolute atomic E-state index is 13.5. The molecule has 9 heteroatoms. The number of rotatable bonds is 6. The van der Waals surface area contributed by atoms with Crippen LogP contribution in [-0.4, -0.2) is 69.4 Å². The summed E-state index contributed by atoms with van der Waals surface area (Å²) in [6, 6.07) is 6.39. The van der Waals surface area contributed by atoms with Crippen molar-refractivity contribution in [3.8, 4) is 10.4 Å². The van der Waals surface area contributed by atoms with Gasteiger partial charge in [-0.1, -0.05) is 45.0 Å². The number of carbonyl (C=O) groups excluding carboxylic acids is 3. The Balaban J connectivity index is 1.70. The van der Waals surface area contributed by atoms with Crippen LogP contribution in [0, 0.1) is 12.3 Å². The van der Waals surface area contributed by atoms with E-state index in [-0.39, 0.29) is 30.7 Å². The number of carbonyl (C=O) groups is 3. The molecule has 1 aromatic heterocycles. The van der Waals surface area contributed by atoms with Crippen LogP contribution >= 0.6 is 11.3 Å². The number of β-amino-alcohol motifs (C(OH)–C–C–N with tert-alkyl or cyclic N) is 1. The van der Waals surface area contributed by atoms with Gasteiger partial charge < -0.3 is 20.2 Å². The molecule has 8 nitrogen and oxygen atoms in total. The van der Waals surface area contributed by atoms with Gasteiger partial charge in [-0.15, -0.1) is 11.3 Å². The second kappa shape index (κ2) is 10.2. The third kappa shape index (κ3) is 5.64. The number of likely N-dealkylation sites (tertiary alicyclic amines) is 1. The standard InChI is InChI=1S/C25H34N4O4S/c1-15-21(34-14-27-15)18-9-7-17(8-10-18)12-26-23(32)20-11-19(31)13-29(20)24(33)22(25(3,4)5)28(6)16(2)30/h7-10,14,19-20,22,31H,11-13H2,1-6H3,(H,26,32)/t19-,20+,22-/m1/s1. The topological polar surface area (TPSA) is 103 Å². The first kappa shape index (κ1) is 25.8. The number of aliphatic hydroxyl groups excluding tert-OH is 1. The van der Waals surface area contributed by atoms with E-state index < -0.39 is 23.6 Å². The highest BCUT2D eigenvalue weighted by Crippen LogP contribution is 2.30. The molecule has 1 aliphatic heterocycles. The van der Waals surface area contributed by atoms with Gasteiger partial charge in [-0.05, 0) is 23.5 Å². The number of likely N-dealkylation sites (N-methyl/N-ethyl adjacent to an activating group) is 1. The van der Waals surface area contributed by atoms with Crippen LogP contribution in [-0.2, 0) is 20.9 Å². The zero-order valence-corrected chi connectivity index (χ0v) is 21.5. The summed E-state index contributed by atoms with van der Waals surface area (Å²) in [4.78, 5) is 46.8. The number of aliphatic hydroxyl groups is 1. The molecule has 0 unspecified atom stereocenters. The summed E-state index contributed by atoms with van der Waals surface area (Å²) in [6.45, 7) is 9.41. The van der Waals surface area contributed by atoms with Gasteiger partial charge in [-0.25, -0.2) is 4.98 Å². The molecule has 0 saturated carbocycles. The number of thiazole rings is 1. The molecule has 3 amide bonds. The number of amides is 3. The highest BCUT2D eigenvalue weighted by Gasteiger charge is 2.45. The zero-order valence-electron chi connectivity index (χ0n) is 20.7. The SMILES string of the molecule is CC(=O)N(C)[C@H](C(=O)N1C[C@H](O)C[C@H]1C(=O)NCc1ccc(-c2scnc2C)cc1)C(C)(C)C. The molecular formula is C25H34N4O4S. The molecule has 184 valence electrons. The molecule has 1 saturated heterocycles. The third-order valence-corrected chi connectivity index (χ3v) is 7.21. The van der Waals surface area contributed by atoms with Crippen LogP contribution in [0.3, 0.4) is 0 Å². The van der Waals surface area contributed by atoms with Gasteiger partial charge in [-0.3, -0.25) is 14.4 Å². The van der Waals surface area contributed by atoms with Crippen molar-refractivity contribution in [2.45, 2.75) is 65.8 Å². The van der Waals surface area contributed by atoms with E-state index in [1.165, 1.54) is 16.7 Å². The molecule has 0 radical (unpaired) electrons. The highest BCUT2D eigenvalue weighted by molar-refractivity contribution is 7.13. The first-order valence-corrected chi connectivity index (χ1v) is 12.3. The normalized spacial score (nSPS) is 19.1. The second-order valence-electron chi connectivity index (χ2n) is 9.98. The minimum Gasteiger partial charge on any atom is -0.391 e. The summed E-state index contributed by atoms with van der Waals surface area (Å²) in [6.07, 6.45) is -0.619. The fraction of sp³-hybridized carbons (Fsp3) is 0.520. The van der Waals surface area contributed by atoms with Crippen LogP contribution in [0.25, 0.3) is 10.4 Å². The summed E-state index contributed by atoms with van der Waals surface area (Å²) in [5.74, 6) is -0.873. The van der Waals surface area contributed by atoms with Gasteiger partial charge in [0.15, 0.2) is 0 Å². The third-order valence-electron chi connectivity index (χ3n) is 6.23. The Morgan fingerprint density at radius 1 is 1.26 bits per heavy atom. The lowest BCUT2D eigenvalue weighted by molar-refractivity contribution is -0.150. The summed E-state index contributed by atoms with van der Waals surface area (Å²) >= 11 is 1.59. The average Bonchev–Trinajstić information content (AvgIpc) is 3.36. The molecule has 0 aliphatic carbocycles. The highest BCUT2D eigenvalue weighted by atomic mass is 32.1. The van der Waals surface area contributed by atoms with Crippen molar-refractivity contribution < 1.29 is 19.5 Å². The molecule has 34 heavy (non-hydrogen) atoms.